The van der Waals surface area contributed by atoms with E-state index in [4.69, 9.17) is 11.6 Å². The van der Waals surface area contributed by atoms with Gasteiger partial charge >= 0.3 is 0 Å². The molecule has 19 heavy (non-hydrogen) atoms. The minimum atomic E-state index is -0.376. The lowest BCUT2D eigenvalue weighted by Crippen LogP contribution is -2.07. The largest absolute Gasteiger partial charge is 0.372 e. The molecule has 1 aromatic carbocycles. The number of rotatable bonds is 4. The Balaban J connectivity index is 2.26. The number of hydrogen-bond donors (Lipinski definition) is 1. The third-order valence-corrected chi connectivity index (χ3v) is 4.63. The van der Waals surface area contributed by atoms with Crippen molar-refractivity contribution >= 4 is 56.9 Å². The lowest BCUT2D eigenvalue weighted by Gasteiger charge is -2.13. The summed E-state index contributed by atoms with van der Waals surface area (Å²) in [6.45, 7) is 1.95. The second kappa shape index (κ2) is 6.06. The van der Waals surface area contributed by atoms with Crippen LogP contribution in [0, 0.1) is 13.7 Å². The quantitative estimate of drug-likeness (QED) is 0.436. The summed E-state index contributed by atoms with van der Waals surface area (Å²) < 4.78 is 1.54. The molecule has 100 valence electrons. The van der Waals surface area contributed by atoms with E-state index < -0.39 is 0 Å². The number of anilines is 1. The van der Waals surface area contributed by atoms with Gasteiger partial charge < -0.3 is 5.32 Å². The number of thiophene rings is 1. The van der Waals surface area contributed by atoms with E-state index in [1.54, 1.807) is 12.1 Å². The van der Waals surface area contributed by atoms with E-state index in [-0.39, 0.29) is 16.7 Å². The van der Waals surface area contributed by atoms with Crippen molar-refractivity contribution in [2.75, 3.05) is 5.32 Å². The Morgan fingerprint density at radius 1 is 1.42 bits per heavy atom. The maximum atomic E-state index is 11.0. The first-order chi connectivity index (χ1) is 8.97. The van der Waals surface area contributed by atoms with Crippen LogP contribution in [-0.4, -0.2) is 4.92 Å². The van der Waals surface area contributed by atoms with Gasteiger partial charge in [0.1, 0.15) is 5.69 Å². The first kappa shape index (κ1) is 14.5. The predicted molar refractivity (Wildman–Crippen MR) is 87.2 cm³/mol. The standard InChI is InChI=1S/C12H10ClIN2O2S/c1-7(11-4-5-12(13)19-11)15-9-3-2-8(14)6-10(9)16(17)18/h2-7,15H,1H3. The molecule has 0 radical (unpaired) electrons. The van der Waals surface area contributed by atoms with Crippen molar-refractivity contribution < 1.29 is 4.92 Å². The van der Waals surface area contributed by atoms with E-state index in [9.17, 15) is 10.1 Å². The van der Waals surface area contributed by atoms with E-state index in [0.717, 1.165) is 8.45 Å². The number of halogens is 2. The van der Waals surface area contributed by atoms with Crippen molar-refractivity contribution in [2.45, 2.75) is 13.0 Å². The van der Waals surface area contributed by atoms with Crippen LogP contribution >= 0.6 is 45.5 Å². The van der Waals surface area contributed by atoms with Gasteiger partial charge in [-0.25, -0.2) is 0 Å². The summed E-state index contributed by atoms with van der Waals surface area (Å²) in [5.74, 6) is 0. The second-order valence-electron chi connectivity index (χ2n) is 3.93. The lowest BCUT2D eigenvalue weighted by molar-refractivity contribution is -0.384. The third kappa shape index (κ3) is 3.58. The van der Waals surface area contributed by atoms with E-state index >= 15 is 0 Å². The second-order valence-corrected chi connectivity index (χ2v) is 6.92. The zero-order chi connectivity index (χ0) is 14.0. The van der Waals surface area contributed by atoms with Gasteiger partial charge in [-0.1, -0.05) is 11.6 Å². The number of benzene rings is 1. The average molecular weight is 409 g/mol. The SMILES string of the molecule is CC(Nc1ccc(I)cc1[N+](=O)[O-])c1ccc(Cl)s1. The van der Waals surface area contributed by atoms with Crippen molar-refractivity contribution in [1.82, 2.24) is 0 Å². The molecule has 0 saturated carbocycles. The Labute approximate surface area is 133 Å². The van der Waals surface area contributed by atoms with Crippen LogP contribution in [0.3, 0.4) is 0 Å². The van der Waals surface area contributed by atoms with Crippen LogP contribution in [0.2, 0.25) is 4.34 Å². The van der Waals surface area contributed by atoms with Crippen LogP contribution in [0.15, 0.2) is 30.3 Å². The molecule has 0 aliphatic carbocycles. The first-order valence-electron chi connectivity index (χ1n) is 5.43. The Morgan fingerprint density at radius 2 is 2.16 bits per heavy atom. The number of hydrogen-bond acceptors (Lipinski definition) is 4. The van der Waals surface area contributed by atoms with E-state index in [2.05, 4.69) is 27.9 Å². The summed E-state index contributed by atoms with van der Waals surface area (Å²) in [4.78, 5) is 11.7. The smallest absolute Gasteiger partial charge is 0.293 e. The summed E-state index contributed by atoms with van der Waals surface area (Å²) in [5, 5.41) is 14.2. The molecule has 0 fully saturated rings. The highest BCUT2D eigenvalue weighted by atomic mass is 127. The van der Waals surface area contributed by atoms with Crippen molar-refractivity contribution in [2.24, 2.45) is 0 Å². The highest BCUT2D eigenvalue weighted by molar-refractivity contribution is 14.1. The van der Waals surface area contributed by atoms with Gasteiger partial charge in [-0.05, 0) is 53.8 Å². The Bertz CT molecular complexity index is 618. The molecule has 0 bridgehead atoms. The van der Waals surface area contributed by atoms with Crippen LogP contribution in [0.25, 0.3) is 0 Å². The molecule has 7 heteroatoms. The number of nitrogens with zero attached hydrogens (tertiary/aromatic N) is 1. The maximum absolute atomic E-state index is 11.0. The summed E-state index contributed by atoms with van der Waals surface area (Å²) in [6, 6.07) is 8.83. The van der Waals surface area contributed by atoms with E-state index in [0.29, 0.717) is 10.0 Å². The number of nitro benzene ring substituents is 1. The fourth-order valence-corrected chi connectivity index (χ4v) is 3.18. The monoisotopic (exact) mass is 408 g/mol. The van der Waals surface area contributed by atoms with Crippen LogP contribution in [0.4, 0.5) is 11.4 Å². The maximum Gasteiger partial charge on any atom is 0.293 e. The van der Waals surface area contributed by atoms with Crippen molar-refractivity contribution in [3.63, 3.8) is 0 Å². The fraction of sp³-hybridized carbons (Fsp3) is 0.167. The highest BCUT2D eigenvalue weighted by Crippen LogP contribution is 2.32. The minimum Gasteiger partial charge on any atom is -0.372 e. The van der Waals surface area contributed by atoms with Crippen LogP contribution in [0.5, 0.6) is 0 Å². The van der Waals surface area contributed by atoms with Gasteiger partial charge in [0.15, 0.2) is 0 Å². The molecule has 0 spiro atoms. The normalized spacial score (nSPS) is 12.2. The first-order valence-corrected chi connectivity index (χ1v) is 7.70. The molecule has 2 aromatic rings. The van der Waals surface area contributed by atoms with Crippen molar-refractivity contribution in [1.29, 1.82) is 0 Å². The van der Waals surface area contributed by atoms with Gasteiger partial charge in [-0.2, -0.15) is 0 Å². The van der Waals surface area contributed by atoms with Gasteiger partial charge in [0.25, 0.3) is 5.69 Å². The fourth-order valence-electron chi connectivity index (χ4n) is 1.64. The van der Waals surface area contributed by atoms with Gasteiger partial charge in [-0.3, -0.25) is 10.1 Å². The summed E-state index contributed by atoms with van der Waals surface area (Å²) in [5.41, 5.74) is 0.601. The molecule has 1 heterocycles. The van der Waals surface area contributed by atoms with Crippen LogP contribution < -0.4 is 5.32 Å². The number of nitrogens with one attached hydrogen (secondary N) is 1. The van der Waals surface area contributed by atoms with Crippen LogP contribution in [-0.2, 0) is 0 Å². The summed E-state index contributed by atoms with van der Waals surface area (Å²) in [7, 11) is 0. The molecule has 1 N–H and O–H groups in total. The Kier molecular flexibility index (Phi) is 4.64. The molecule has 0 aliphatic rings. The lowest BCUT2D eigenvalue weighted by atomic mass is 10.2. The average Bonchev–Trinajstić information content (AvgIpc) is 2.78. The summed E-state index contributed by atoms with van der Waals surface area (Å²) >= 11 is 9.41. The zero-order valence-corrected chi connectivity index (χ0v) is 13.6. The predicted octanol–water partition coefficient (Wildman–Crippen LogP) is 5.09. The molecule has 0 aliphatic heterocycles. The topological polar surface area (TPSA) is 55.2 Å². The van der Waals surface area contributed by atoms with Gasteiger partial charge in [0, 0.05) is 14.5 Å². The minimum absolute atomic E-state index is 0.0312. The molecule has 2 rings (SSSR count). The molecule has 4 nitrogen and oxygen atoms in total. The van der Waals surface area contributed by atoms with Crippen LogP contribution in [0.1, 0.15) is 17.8 Å². The highest BCUT2D eigenvalue weighted by Gasteiger charge is 2.17. The molecule has 1 atom stereocenters. The summed E-state index contributed by atoms with van der Waals surface area (Å²) in [6.07, 6.45) is 0. The molecular formula is C12H10ClIN2O2S. The van der Waals surface area contributed by atoms with E-state index in [1.165, 1.54) is 11.3 Å². The van der Waals surface area contributed by atoms with E-state index in [1.807, 2.05) is 25.1 Å². The number of nitro groups is 1. The molecule has 1 aromatic heterocycles. The van der Waals surface area contributed by atoms with Gasteiger partial charge in [-0.15, -0.1) is 11.3 Å². The Morgan fingerprint density at radius 3 is 2.74 bits per heavy atom. The molecule has 0 saturated heterocycles. The molecular weight excluding hydrogens is 399 g/mol. The van der Waals surface area contributed by atoms with Gasteiger partial charge in [0.05, 0.1) is 15.3 Å². The van der Waals surface area contributed by atoms with Gasteiger partial charge in [0.2, 0.25) is 0 Å². The van der Waals surface area contributed by atoms with Crippen molar-refractivity contribution in [3.05, 3.63) is 53.2 Å². The molecule has 0 amide bonds. The van der Waals surface area contributed by atoms with Crippen molar-refractivity contribution in [3.8, 4) is 0 Å². The Hall–Kier alpha value is -0.860. The zero-order valence-electron chi connectivity index (χ0n) is 9.89. The molecule has 1 unspecified atom stereocenters. The third-order valence-electron chi connectivity index (χ3n) is 2.55.